The molecular formula is C11H10N4. The van der Waals surface area contributed by atoms with Gasteiger partial charge < -0.3 is 4.98 Å². The summed E-state index contributed by atoms with van der Waals surface area (Å²) in [5.41, 5.74) is 2.60. The Morgan fingerprint density at radius 3 is 2.80 bits per heavy atom. The van der Waals surface area contributed by atoms with Crippen molar-refractivity contribution in [3.63, 3.8) is 0 Å². The van der Waals surface area contributed by atoms with Crippen LogP contribution in [-0.2, 0) is 12.8 Å². The molecule has 2 aromatic heterocycles. The molecule has 0 spiro atoms. The molecule has 0 unspecified atom stereocenters. The molecule has 0 radical (unpaired) electrons. The molecule has 4 nitrogen and oxygen atoms in total. The van der Waals surface area contributed by atoms with E-state index in [-0.39, 0.29) is 0 Å². The van der Waals surface area contributed by atoms with Gasteiger partial charge in [-0.05, 0) is 30.5 Å². The van der Waals surface area contributed by atoms with Crippen molar-refractivity contribution in [1.29, 1.82) is 5.26 Å². The average Bonchev–Trinajstić information content (AvgIpc) is 2.75. The van der Waals surface area contributed by atoms with E-state index >= 15 is 0 Å². The number of aromatic amines is 1. The van der Waals surface area contributed by atoms with E-state index < -0.39 is 0 Å². The van der Waals surface area contributed by atoms with E-state index in [1.54, 1.807) is 18.7 Å². The Morgan fingerprint density at radius 2 is 2.07 bits per heavy atom. The van der Waals surface area contributed by atoms with Gasteiger partial charge in [0.05, 0.1) is 12.0 Å². The van der Waals surface area contributed by atoms with Crippen LogP contribution in [0.2, 0.25) is 0 Å². The standard InChI is InChI=1S/C11H10N4/c12-7-11-10(14-8-15-11)2-1-9-3-5-13-6-4-9/h3-6,8H,1-2H2,(H,14,15). The highest BCUT2D eigenvalue weighted by molar-refractivity contribution is 5.26. The number of aromatic nitrogens is 3. The highest BCUT2D eigenvalue weighted by Crippen LogP contribution is 2.06. The van der Waals surface area contributed by atoms with Gasteiger partial charge in [0.1, 0.15) is 6.07 Å². The molecule has 2 aromatic rings. The van der Waals surface area contributed by atoms with Crippen LogP contribution in [-0.4, -0.2) is 15.0 Å². The van der Waals surface area contributed by atoms with Crippen molar-refractivity contribution >= 4 is 0 Å². The van der Waals surface area contributed by atoms with Gasteiger partial charge in [-0.15, -0.1) is 0 Å². The summed E-state index contributed by atoms with van der Waals surface area (Å²) in [5.74, 6) is 0. The summed E-state index contributed by atoms with van der Waals surface area (Å²) in [7, 11) is 0. The van der Waals surface area contributed by atoms with Gasteiger partial charge in [0.2, 0.25) is 0 Å². The molecule has 0 bridgehead atoms. The van der Waals surface area contributed by atoms with Gasteiger partial charge >= 0.3 is 0 Å². The Kier molecular flexibility index (Phi) is 2.75. The fraction of sp³-hybridized carbons (Fsp3) is 0.182. The van der Waals surface area contributed by atoms with Gasteiger partial charge in [-0.25, -0.2) is 4.98 Å². The molecule has 0 fully saturated rings. The van der Waals surface area contributed by atoms with Crippen LogP contribution in [0.1, 0.15) is 17.0 Å². The average molecular weight is 198 g/mol. The fourth-order valence-electron chi connectivity index (χ4n) is 1.43. The van der Waals surface area contributed by atoms with Crippen LogP contribution in [0.3, 0.4) is 0 Å². The zero-order chi connectivity index (χ0) is 10.5. The number of hydrogen-bond acceptors (Lipinski definition) is 3. The van der Waals surface area contributed by atoms with E-state index in [2.05, 4.69) is 21.0 Å². The van der Waals surface area contributed by atoms with Gasteiger partial charge in [-0.1, -0.05) is 0 Å². The quantitative estimate of drug-likeness (QED) is 0.812. The zero-order valence-electron chi connectivity index (χ0n) is 8.14. The molecule has 0 atom stereocenters. The lowest BCUT2D eigenvalue weighted by Gasteiger charge is -1.98. The maximum absolute atomic E-state index is 8.76. The van der Waals surface area contributed by atoms with E-state index in [9.17, 15) is 0 Å². The Balaban J connectivity index is 2.03. The molecule has 4 heteroatoms. The number of pyridine rings is 1. The molecule has 0 aliphatic carbocycles. The molecular weight excluding hydrogens is 188 g/mol. The van der Waals surface area contributed by atoms with Crippen molar-refractivity contribution in [3.8, 4) is 6.07 Å². The number of nitrogens with one attached hydrogen (secondary N) is 1. The third-order valence-electron chi connectivity index (χ3n) is 2.24. The smallest absolute Gasteiger partial charge is 0.161 e. The predicted octanol–water partition coefficient (Wildman–Crippen LogP) is 1.46. The Hall–Kier alpha value is -2.15. The topological polar surface area (TPSA) is 65.4 Å². The van der Waals surface area contributed by atoms with Crippen LogP contribution in [0.4, 0.5) is 0 Å². The number of nitrogens with zero attached hydrogens (tertiary/aromatic N) is 3. The summed E-state index contributed by atoms with van der Waals surface area (Å²) in [4.78, 5) is 10.8. The minimum Gasteiger partial charge on any atom is -0.347 e. The number of imidazole rings is 1. The highest BCUT2D eigenvalue weighted by Gasteiger charge is 2.04. The predicted molar refractivity (Wildman–Crippen MR) is 54.9 cm³/mol. The van der Waals surface area contributed by atoms with Crippen molar-refractivity contribution in [3.05, 3.63) is 47.8 Å². The SMILES string of the molecule is N#Cc1nc[nH]c1CCc1ccncc1. The molecule has 0 aromatic carbocycles. The molecule has 0 saturated carbocycles. The van der Waals surface area contributed by atoms with E-state index in [0.29, 0.717) is 5.69 Å². The minimum absolute atomic E-state index is 0.490. The van der Waals surface area contributed by atoms with E-state index in [4.69, 9.17) is 5.26 Å². The first-order valence-electron chi connectivity index (χ1n) is 4.71. The lowest BCUT2D eigenvalue weighted by Crippen LogP contribution is -1.94. The normalized spacial score (nSPS) is 9.80. The lowest BCUT2D eigenvalue weighted by atomic mass is 10.1. The van der Waals surface area contributed by atoms with Crippen LogP contribution in [0.25, 0.3) is 0 Å². The van der Waals surface area contributed by atoms with Crippen molar-refractivity contribution in [2.45, 2.75) is 12.8 Å². The lowest BCUT2D eigenvalue weighted by molar-refractivity contribution is 0.918. The number of nitriles is 1. The Labute approximate surface area is 87.6 Å². The molecule has 2 heterocycles. The maximum Gasteiger partial charge on any atom is 0.161 e. The molecule has 1 N–H and O–H groups in total. The van der Waals surface area contributed by atoms with Crippen molar-refractivity contribution < 1.29 is 0 Å². The Bertz CT molecular complexity index is 467. The molecule has 74 valence electrons. The van der Waals surface area contributed by atoms with Crippen LogP contribution in [0.15, 0.2) is 30.9 Å². The molecule has 0 saturated heterocycles. The summed E-state index contributed by atoms with van der Waals surface area (Å²) < 4.78 is 0. The number of H-pyrrole nitrogens is 1. The monoisotopic (exact) mass is 198 g/mol. The maximum atomic E-state index is 8.76. The summed E-state index contributed by atoms with van der Waals surface area (Å²) in [6, 6.07) is 6.01. The fourth-order valence-corrected chi connectivity index (χ4v) is 1.43. The van der Waals surface area contributed by atoms with Gasteiger partial charge in [0.15, 0.2) is 5.69 Å². The third kappa shape index (κ3) is 2.20. The first kappa shape index (κ1) is 9.41. The van der Waals surface area contributed by atoms with Crippen molar-refractivity contribution in [2.75, 3.05) is 0 Å². The van der Waals surface area contributed by atoms with E-state index in [1.165, 1.54) is 5.56 Å². The number of aryl methyl sites for hydroxylation is 2. The number of rotatable bonds is 3. The molecule has 15 heavy (non-hydrogen) atoms. The van der Waals surface area contributed by atoms with Crippen LogP contribution < -0.4 is 0 Å². The second-order valence-electron chi connectivity index (χ2n) is 3.20. The van der Waals surface area contributed by atoms with Crippen LogP contribution in [0.5, 0.6) is 0 Å². The molecule has 0 aliphatic rings. The first-order chi connectivity index (χ1) is 7.40. The van der Waals surface area contributed by atoms with E-state index in [1.807, 2.05) is 12.1 Å². The molecule has 2 rings (SSSR count). The highest BCUT2D eigenvalue weighted by atomic mass is 14.9. The second kappa shape index (κ2) is 4.38. The third-order valence-corrected chi connectivity index (χ3v) is 2.24. The Morgan fingerprint density at radius 1 is 1.27 bits per heavy atom. The van der Waals surface area contributed by atoms with Gasteiger partial charge in [0.25, 0.3) is 0 Å². The van der Waals surface area contributed by atoms with E-state index in [0.717, 1.165) is 18.5 Å². The van der Waals surface area contributed by atoms with Crippen LogP contribution >= 0.6 is 0 Å². The van der Waals surface area contributed by atoms with Crippen molar-refractivity contribution in [1.82, 2.24) is 15.0 Å². The van der Waals surface area contributed by atoms with Gasteiger partial charge in [-0.3, -0.25) is 4.98 Å². The van der Waals surface area contributed by atoms with Gasteiger partial charge in [-0.2, -0.15) is 5.26 Å². The summed E-state index contributed by atoms with van der Waals surface area (Å²) >= 11 is 0. The van der Waals surface area contributed by atoms with Gasteiger partial charge in [0, 0.05) is 12.4 Å². The molecule has 0 amide bonds. The zero-order valence-corrected chi connectivity index (χ0v) is 8.14. The summed E-state index contributed by atoms with van der Waals surface area (Å²) in [5, 5.41) is 8.76. The largest absolute Gasteiger partial charge is 0.347 e. The first-order valence-corrected chi connectivity index (χ1v) is 4.71. The van der Waals surface area contributed by atoms with Crippen LogP contribution in [0, 0.1) is 11.3 Å². The number of hydrogen-bond donors (Lipinski definition) is 1. The summed E-state index contributed by atoms with van der Waals surface area (Å²) in [6.45, 7) is 0. The summed E-state index contributed by atoms with van der Waals surface area (Å²) in [6.07, 6.45) is 6.79. The second-order valence-corrected chi connectivity index (χ2v) is 3.20. The minimum atomic E-state index is 0.490. The van der Waals surface area contributed by atoms with Crippen molar-refractivity contribution in [2.24, 2.45) is 0 Å². The molecule has 0 aliphatic heterocycles.